The normalized spacial score (nSPS) is 11.4. The molecule has 0 aliphatic rings. The maximum atomic E-state index is 12.3. The van der Waals surface area contributed by atoms with Crippen molar-refractivity contribution in [2.45, 2.75) is 12.5 Å². The Bertz CT molecular complexity index is 716. The molecule has 1 unspecified atom stereocenters. The standard InChI is InChI=1S/C18H20N2O4/c1-23-14-9-8-12(10-15(14)24-2)11-16(21)20-17(18(19)22)13-6-4-3-5-7-13/h3-10,17H,11H2,1-2H3,(H2,19,22)(H,20,21). The molecule has 0 radical (unpaired) electrons. The molecule has 0 fully saturated rings. The van der Waals surface area contributed by atoms with Crippen LogP contribution in [0, 0.1) is 0 Å². The molecule has 6 heteroatoms. The van der Waals surface area contributed by atoms with E-state index in [-0.39, 0.29) is 12.3 Å². The zero-order valence-electron chi connectivity index (χ0n) is 13.6. The van der Waals surface area contributed by atoms with E-state index in [1.807, 2.05) is 6.07 Å². The van der Waals surface area contributed by atoms with E-state index in [1.54, 1.807) is 49.6 Å². The van der Waals surface area contributed by atoms with Crippen molar-refractivity contribution in [3.8, 4) is 11.5 Å². The quantitative estimate of drug-likeness (QED) is 0.807. The first-order valence-electron chi connectivity index (χ1n) is 7.39. The predicted molar refractivity (Wildman–Crippen MR) is 89.8 cm³/mol. The van der Waals surface area contributed by atoms with Gasteiger partial charge in [-0.15, -0.1) is 0 Å². The lowest BCUT2D eigenvalue weighted by Gasteiger charge is -2.16. The Balaban J connectivity index is 2.10. The highest BCUT2D eigenvalue weighted by molar-refractivity contribution is 5.88. The fraction of sp³-hybridized carbons (Fsp3) is 0.222. The minimum absolute atomic E-state index is 0.0942. The summed E-state index contributed by atoms with van der Waals surface area (Å²) < 4.78 is 10.4. The average Bonchev–Trinajstić information content (AvgIpc) is 2.60. The average molecular weight is 328 g/mol. The lowest BCUT2D eigenvalue weighted by molar-refractivity contribution is -0.127. The van der Waals surface area contributed by atoms with E-state index >= 15 is 0 Å². The number of ether oxygens (including phenoxy) is 2. The highest BCUT2D eigenvalue weighted by Gasteiger charge is 2.20. The summed E-state index contributed by atoms with van der Waals surface area (Å²) in [5.41, 5.74) is 6.79. The van der Waals surface area contributed by atoms with Gasteiger partial charge in [-0.3, -0.25) is 9.59 Å². The third kappa shape index (κ3) is 4.25. The number of nitrogens with one attached hydrogen (secondary N) is 1. The predicted octanol–water partition coefficient (Wildman–Crippen LogP) is 1.59. The Labute approximate surface area is 140 Å². The van der Waals surface area contributed by atoms with Gasteiger partial charge in [0.1, 0.15) is 6.04 Å². The van der Waals surface area contributed by atoms with Gasteiger partial charge in [0.2, 0.25) is 11.8 Å². The van der Waals surface area contributed by atoms with Gasteiger partial charge in [0.15, 0.2) is 11.5 Å². The zero-order valence-corrected chi connectivity index (χ0v) is 13.6. The van der Waals surface area contributed by atoms with Crippen LogP contribution in [0.15, 0.2) is 48.5 Å². The second-order valence-corrected chi connectivity index (χ2v) is 5.18. The van der Waals surface area contributed by atoms with Gasteiger partial charge < -0.3 is 20.5 Å². The van der Waals surface area contributed by atoms with Crippen LogP contribution >= 0.6 is 0 Å². The Morgan fingerprint density at radius 2 is 1.71 bits per heavy atom. The summed E-state index contributed by atoms with van der Waals surface area (Å²) in [7, 11) is 3.07. The molecule has 3 N–H and O–H groups in total. The number of primary amides is 1. The first-order chi connectivity index (χ1) is 11.5. The second kappa shape index (κ2) is 8.01. The highest BCUT2D eigenvalue weighted by atomic mass is 16.5. The van der Waals surface area contributed by atoms with Crippen molar-refractivity contribution in [2.24, 2.45) is 5.73 Å². The van der Waals surface area contributed by atoms with Crippen molar-refractivity contribution in [3.05, 3.63) is 59.7 Å². The summed E-state index contributed by atoms with van der Waals surface area (Å²) in [6, 6.07) is 13.2. The molecule has 0 heterocycles. The van der Waals surface area contributed by atoms with E-state index in [1.165, 1.54) is 7.11 Å². The minimum atomic E-state index is -0.862. The van der Waals surface area contributed by atoms with Crippen LogP contribution in [-0.2, 0) is 16.0 Å². The molecule has 2 rings (SSSR count). The van der Waals surface area contributed by atoms with Crippen LogP contribution in [0.2, 0.25) is 0 Å². The Hall–Kier alpha value is -3.02. The van der Waals surface area contributed by atoms with Crippen LogP contribution < -0.4 is 20.5 Å². The molecular weight excluding hydrogens is 308 g/mol. The van der Waals surface area contributed by atoms with Gasteiger partial charge in [-0.05, 0) is 23.3 Å². The van der Waals surface area contributed by atoms with Crippen LogP contribution in [0.25, 0.3) is 0 Å². The second-order valence-electron chi connectivity index (χ2n) is 5.18. The molecule has 2 amide bonds. The topological polar surface area (TPSA) is 90.6 Å². The van der Waals surface area contributed by atoms with E-state index in [0.717, 1.165) is 5.56 Å². The number of nitrogens with two attached hydrogens (primary N) is 1. The molecule has 0 bridgehead atoms. The largest absolute Gasteiger partial charge is 0.493 e. The van der Waals surface area contributed by atoms with Gasteiger partial charge in [0.25, 0.3) is 0 Å². The van der Waals surface area contributed by atoms with Crippen molar-refractivity contribution in [1.82, 2.24) is 5.32 Å². The van der Waals surface area contributed by atoms with Gasteiger partial charge in [-0.2, -0.15) is 0 Å². The molecule has 0 aliphatic heterocycles. The number of rotatable bonds is 7. The van der Waals surface area contributed by atoms with Crippen molar-refractivity contribution in [1.29, 1.82) is 0 Å². The molecule has 6 nitrogen and oxygen atoms in total. The molecule has 24 heavy (non-hydrogen) atoms. The lowest BCUT2D eigenvalue weighted by Crippen LogP contribution is -2.38. The Morgan fingerprint density at radius 1 is 1.04 bits per heavy atom. The molecule has 0 aromatic heterocycles. The van der Waals surface area contributed by atoms with E-state index in [9.17, 15) is 9.59 Å². The van der Waals surface area contributed by atoms with Crippen molar-refractivity contribution in [2.75, 3.05) is 14.2 Å². The van der Waals surface area contributed by atoms with Crippen LogP contribution in [-0.4, -0.2) is 26.0 Å². The maximum Gasteiger partial charge on any atom is 0.244 e. The van der Waals surface area contributed by atoms with Crippen molar-refractivity contribution < 1.29 is 19.1 Å². The molecule has 2 aromatic rings. The summed E-state index contributed by atoms with van der Waals surface area (Å²) in [5.74, 6) is 0.204. The number of carbonyl (C=O) groups excluding carboxylic acids is 2. The van der Waals surface area contributed by atoms with Crippen molar-refractivity contribution >= 4 is 11.8 Å². The molecular formula is C18H20N2O4. The third-order valence-electron chi connectivity index (χ3n) is 3.54. The monoisotopic (exact) mass is 328 g/mol. The van der Waals surface area contributed by atoms with E-state index in [0.29, 0.717) is 17.1 Å². The van der Waals surface area contributed by atoms with Gasteiger partial charge in [-0.25, -0.2) is 0 Å². The zero-order chi connectivity index (χ0) is 17.5. The van der Waals surface area contributed by atoms with Crippen LogP contribution in [0.5, 0.6) is 11.5 Å². The first-order valence-corrected chi connectivity index (χ1v) is 7.39. The SMILES string of the molecule is COc1ccc(CC(=O)NC(C(N)=O)c2ccccc2)cc1OC. The van der Waals surface area contributed by atoms with Crippen molar-refractivity contribution in [3.63, 3.8) is 0 Å². The molecule has 0 spiro atoms. The minimum Gasteiger partial charge on any atom is -0.493 e. The fourth-order valence-corrected chi connectivity index (χ4v) is 2.35. The summed E-state index contributed by atoms with van der Waals surface area (Å²) in [6.45, 7) is 0. The van der Waals surface area contributed by atoms with Crippen LogP contribution in [0.3, 0.4) is 0 Å². The molecule has 0 saturated heterocycles. The number of hydrogen-bond acceptors (Lipinski definition) is 4. The molecule has 0 aliphatic carbocycles. The van der Waals surface area contributed by atoms with Gasteiger partial charge >= 0.3 is 0 Å². The third-order valence-corrected chi connectivity index (χ3v) is 3.54. The number of carbonyl (C=O) groups is 2. The van der Waals surface area contributed by atoms with E-state index in [4.69, 9.17) is 15.2 Å². The Morgan fingerprint density at radius 3 is 2.29 bits per heavy atom. The summed E-state index contributed by atoms with van der Waals surface area (Å²) in [6.07, 6.45) is 0.0942. The van der Waals surface area contributed by atoms with Crippen LogP contribution in [0.1, 0.15) is 17.2 Å². The molecule has 2 aromatic carbocycles. The lowest BCUT2D eigenvalue weighted by atomic mass is 10.1. The fourth-order valence-electron chi connectivity index (χ4n) is 2.35. The van der Waals surface area contributed by atoms with E-state index < -0.39 is 11.9 Å². The number of benzene rings is 2. The number of amides is 2. The molecule has 0 saturated carbocycles. The smallest absolute Gasteiger partial charge is 0.244 e. The number of hydrogen-bond donors (Lipinski definition) is 2. The number of methoxy groups -OCH3 is 2. The van der Waals surface area contributed by atoms with Gasteiger partial charge in [0.05, 0.1) is 20.6 Å². The molecule has 1 atom stereocenters. The van der Waals surface area contributed by atoms with E-state index in [2.05, 4.69) is 5.32 Å². The highest BCUT2D eigenvalue weighted by Crippen LogP contribution is 2.27. The summed E-state index contributed by atoms with van der Waals surface area (Å²) in [4.78, 5) is 23.9. The Kier molecular flexibility index (Phi) is 5.78. The van der Waals surface area contributed by atoms with Crippen LogP contribution in [0.4, 0.5) is 0 Å². The summed E-state index contributed by atoms with van der Waals surface area (Å²) >= 11 is 0. The maximum absolute atomic E-state index is 12.3. The first kappa shape index (κ1) is 17.3. The molecule has 126 valence electrons. The van der Waals surface area contributed by atoms with Gasteiger partial charge in [0, 0.05) is 0 Å². The van der Waals surface area contributed by atoms with Gasteiger partial charge in [-0.1, -0.05) is 36.4 Å². The summed E-state index contributed by atoms with van der Waals surface area (Å²) in [5, 5.41) is 2.66.